The number of aryl methyl sites for hydroxylation is 1. The fourth-order valence-corrected chi connectivity index (χ4v) is 4.28. The molecule has 0 radical (unpaired) electrons. The van der Waals surface area contributed by atoms with Crippen molar-refractivity contribution < 1.29 is 22.4 Å². The van der Waals surface area contributed by atoms with Gasteiger partial charge in [-0.05, 0) is 48.9 Å². The van der Waals surface area contributed by atoms with Crippen LogP contribution in [0.25, 0.3) is 0 Å². The number of sulfone groups is 1. The molecule has 0 aliphatic carbocycles. The lowest BCUT2D eigenvalue weighted by molar-refractivity contribution is -0.131. The van der Waals surface area contributed by atoms with Gasteiger partial charge in [-0.3, -0.25) is 9.59 Å². The second-order valence-electron chi connectivity index (χ2n) is 6.86. The van der Waals surface area contributed by atoms with Crippen LogP contribution in [0, 0.1) is 18.7 Å². The van der Waals surface area contributed by atoms with Crippen molar-refractivity contribution in [1.82, 2.24) is 4.90 Å². The second kappa shape index (κ2) is 9.89. The highest BCUT2D eigenvalue weighted by atomic mass is 32.2. The molecule has 2 aromatic rings. The maximum absolute atomic E-state index is 13.3. The lowest BCUT2D eigenvalue weighted by atomic mass is 10.2. The molecule has 2 aromatic carbocycles. The highest BCUT2D eigenvalue weighted by molar-refractivity contribution is 7.91. The van der Waals surface area contributed by atoms with Gasteiger partial charge in [0.1, 0.15) is 5.82 Å². The largest absolute Gasteiger partial charge is 0.349 e. The molecule has 0 saturated carbocycles. The number of anilines is 1. The molecule has 2 amide bonds. The highest BCUT2D eigenvalue weighted by Crippen LogP contribution is 2.19. The average Bonchev–Trinajstić information content (AvgIpc) is 2.63. The predicted molar refractivity (Wildman–Crippen MR) is 116 cm³/mol. The summed E-state index contributed by atoms with van der Waals surface area (Å²) in [5.74, 6) is -2.25. The number of nitrogens with one attached hydrogen (secondary N) is 1. The fraction of sp³-hybridized carbons (Fsp3) is 0.300. The quantitative estimate of drug-likeness (QED) is 0.749. The molecule has 0 spiro atoms. The summed E-state index contributed by atoms with van der Waals surface area (Å²) in [5.41, 5.74) is 0.936. The summed E-state index contributed by atoms with van der Waals surface area (Å²) in [4.78, 5) is 25.7. The van der Waals surface area contributed by atoms with E-state index in [1.165, 1.54) is 47.4 Å². The topological polar surface area (TPSA) is 83.5 Å². The van der Waals surface area contributed by atoms with E-state index in [2.05, 4.69) is 5.32 Å². The van der Waals surface area contributed by atoms with Gasteiger partial charge in [-0.15, -0.1) is 0 Å². The van der Waals surface area contributed by atoms with E-state index in [1.807, 2.05) is 0 Å². The Hall–Kier alpha value is -2.39. The number of benzene rings is 2. The van der Waals surface area contributed by atoms with Crippen molar-refractivity contribution in [3.8, 4) is 0 Å². The summed E-state index contributed by atoms with van der Waals surface area (Å²) >= 11 is 0. The maximum Gasteiger partial charge on any atom is 0.255 e. The highest BCUT2D eigenvalue weighted by Gasteiger charge is 2.25. The first-order valence-electron chi connectivity index (χ1n) is 8.63. The van der Waals surface area contributed by atoms with E-state index >= 15 is 0 Å². The molecule has 1 atom stereocenters. The third kappa shape index (κ3) is 6.30. The minimum absolute atomic E-state index is 0. The van der Waals surface area contributed by atoms with Crippen LogP contribution in [0.3, 0.4) is 0 Å². The van der Waals surface area contributed by atoms with Crippen molar-refractivity contribution in [2.24, 2.45) is 5.92 Å². The summed E-state index contributed by atoms with van der Waals surface area (Å²) in [6, 6.07) is 9.77. The van der Waals surface area contributed by atoms with Gasteiger partial charge in [-0.2, -0.15) is 13.5 Å². The van der Waals surface area contributed by atoms with Crippen molar-refractivity contribution in [1.29, 1.82) is 0 Å². The van der Waals surface area contributed by atoms with Gasteiger partial charge in [-0.1, -0.05) is 13.0 Å². The molecule has 158 valence electrons. The molecule has 0 heterocycles. The van der Waals surface area contributed by atoms with Crippen molar-refractivity contribution in [3.63, 3.8) is 0 Å². The van der Waals surface area contributed by atoms with Crippen LogP contribution in [0.1, 0.15) is 22.8 Å². The van der Waals surface area contributed by atoms with Crippen molar-refractivity contribution in [3.05, 3.63) is 59.4 Å². The van der Waals surface area contributed by atoms with Gasteiger partial charge in [0, 0.05) is 31.3 Å². The summed E-state index contributed by atoms with van der Waals surface area (Å²) in [7, 11) is -0.630. The van der Waals surface area contributed by atoms with Crippen LogP contribution in [0.15, 0.2) is 47.4 Å². The van der Waals surface area contributed by atoms with Crippen molar-refractivity contribution in [2.45, 2.75) is 18.7 Å². The Kier molecular flexibility index (Phi) is 8.40. The molecule has 0 saturated heterocycles. The number of hydrogen-bond acceptors (Lipinski definition) is 4. The second-order valence-corrected chi connectivity index (χ2v) is 8.90. The molecule has 0 unspecified atom stereocenters. The van der Waals surface area contributed by atoms with E-state index in [4.69, 9.17) is 0 Å². The summed E-state index contributed by atoms with van der Waals surface area (Å²) in [6.07, 6.45) is 0. The Morgan fingerprint density at radius 2 is 1.79 bits per heavy atom. The molecule has 6 nitrogen and oxygen atoms in total. The minimum atomic E-state index is -3.76. The van der Waals surface area contributed by atoms with Crippen LogP contribution in [0.4, 0.5) is 10.1 Å². The molecule has 9 heteroatoms. The van der Waals surface area contributed by atoms with Crippen LogP contribution in [-0.2, 0) is 14.6 Å². The van der Waals surface area contributed by atoms with E-state index in [0.717, 1.165) is 0 Å². The number of rotatable bonds is 6. The van der Waals surface area contributed by atoms with Crippen molar-refractivity contribution >= 4 is 40.8 Å². The monoisotopic (exact) mass is 440 g/mol. The van der Waals surface area contributed by atoms with Gasteiger partial charge in [0.05, 0.1) is 10.6 Å². The van der Waals surface area contributed by atoms with Crippen LogP contribution >= 0.6 is 13.5 Å². The zero-order valence-electron chi connectivity index (χ0n) is 16.7. The Morgan fingerprint density at radius 1 is 1.14 bits per heavy atom. The summed E-state index contributed by atoms with van der Waals surface area (Å²) in [5, 5.41) is 2.62. The molecule has 0 fully saturated rings. The SMILES string of the molecule is Cc1cc(NC(=O)c2cccc(S(=O)(=O)C[C@@H](C)C(=O)N(C)C)c2)ccc1F.S. The Labute approximate surface area is 177 Å². The Balaban J connectivity index is 0.00000420. The predicted octanol–water partition coefficient (Wildman–Crippen LogP) is 3.00. The molecule has 0 aromatic heterocycles. The van der Waals surface area contributed by atoms with E-state index in [-0.39, 0.29) is 41.4 Å². The summed E-state index contributed by atoms with van der Waals surface area (Å²) in [6.45, 7) is 3.13. The van der Waals surface area contributed by atoms with Crippen LogP contribution in [0.2, 0.25) is 0 Å². The van der Waals surface area contributed by atoms with Gasteiger partial charge in [0.25, 0.3) is 5.91 Å². The lowest BCUT2D eigenvalue weighted by Crippen LogP contribution is -2.32. The van der Waals surface area contributed by atoms with Gasteiger partial charge < -0.3 is 10.2 Å². The molecular weight excluding hydrogens is 415 g/mol. The number of amides is 2. The third-order valence-electron chi connectivity index (χ3n) is 4.20. The van der Waals surface area contributed by atoms with Crippen LogP contribution in [-0.4, -0.2) is 45.0 Å². The standard InChI is InChI=1S/C20H23FN2O4S.H2S/c1-13-10-16(8-9-18(13)21)22-19(24)15-6-5-7-17(11-15)28(26,27)12-14(2)20(25)23(3)4;/h5-11,14H,12H2,1-4H3,(H,22,24);1H2/t14-;/m1./s1. The average molecular weight is 441 g/mol. The number of hydrogen-bond donors (Lipinski definition) is 1. The summed E-state index contributed by atoms with van der Waals surface area (Å²) < 4.78 is 38.6. The fourth-order valence-electron chi connectivity index (χ4n) is 2.69. The van der Waals surface area contributed by atoms with Gasteiger partial charge in [-0.25, -0.2) is 12.8 Å². The van der Waals surface area contributed by atoms with Crippen LogP contribution < -0.4 is 5.32 Å². The van der Waals surface area contributed by atoms with Gasteiger partial charge >= 0.3 is 0 Å². The first-order valence-corrected chi connectivity index (χ1v) is 10.3. The first-order chi connectivity index (χ1) is 13.0. The van der Waals surface area contributed by atoms with Crippen LogP contribution in [0.5, 0.6) is 0 Å². The van der Waals surface area contributed by atoms with Gasteiger partial charge in [0.2, 0.25) is 5.91 Å². The number of nitrogens with zero attached hydrogens (tertiary/aromatic N) is 1. The molecule has 2 rings (SSSR count). The zero-order chi connectivity index (χ0) is 21.1. The van der Waals surface area contributed by atoms with E-state index in [0.29, 0.717) is 11.3 Å². The Bertz CT molecular complexity index is 1010. The molecule has 0 aliphatic heterocycles. The number of carbonyl (C=O) groups excluding carboxylic acids is 2. The minimum Gasteiger partial charge on any atom is -0.349 e. The Morgan fingerprint density at radius 3 is 2.38 bits per heavy atom. The first kappa shape index (κ1) is 24.6. The zero-order valence-corrected chi connectivity index (χ0v) is 18.5. The lowest BCUT2D eigenvalue weighted by Gasteiger charge is -2.17. The molecule has 1 N–H and O–H groups in total. The van der Waals surface area contributed by atoms with Crippen molar-refractivity contribution in [2.75, 3.05) is 25.2 Å². The number of carbonyl (C=O) groups is 2. The van der Waals surface area contributed by atoms with E-state index in [9.17, 15) is 22.4 Å². The molecular formula is C20H25FN2O4S2. The van der Waals surface area contributed by atoms with E-state index < -0.39 is 21.7 Å². The number of halogens is 1. The maximum atomic E-state index is 13.3. The smallest absolute Gasteiger partial charge is 0.255 e. The molecule has 0 bridgehead atoms. The van der Waals surface area contributed by atoms with E-state index in [1.54, 1.807) is 27.9 Å². The molecule has 0 aliphatic rings. The normalized spacial score (nSPS) is 11.9. The molecule has 29 heavy (non-hydrogen) atoms. The third-order valence-corrected chi connectivity index (χ3v) is 6.11. The van der Waals surface area contributed by atoms with Gasteiger partial charge in [0.15, 0.2) is 9.84 Å².